The van der Waals surface area contributed by atoms with Crippen molar-refractivity contribution in [2.75, 3.05) is 7.11 Å². The largest absolute Gasteiger partial charge is 0.465 e. The second-order valence-electron chi connectivity index (χ2n) is 6.39. The number of hydrogen-bond donors (Lipinski definition) is 0. The summed E-state index contributed by atoms with van der Waals surface area (Å²) in [6, 6.07) is 16.0. The predicted molar refractivity (Wildman–Crippen MR) is 118 cm³/mol. The van der Waals surface area contributed by atoms with Gasteiger partial charge in [-0.1, -0.05) is 6.07 Å². The van der Waals surface area contributed by atoms with Gasteiger partial charge >= 0.3 is 5.97 Å². The summed E-state index contributed by atoms with van der Waals surface area (Å²) in [5.41, 5.74) is 6.72. The molecule has 4 nitrogen and oxygen atoms in total. The fraction of sp³-hybridized carbons (Fsp3) is 0.182. The number of carbonyl (C=O) groups is 1. The van der Waals surface area contributed by atoms with E-state index in [1.807, 2.05) is 19.2 Å². The molecular weight excluding hydrogens is 451 g/mol. The lowest BCUT2D eigenvalue weighted by Gasteiger charge is -2.09. The number of halogens is 1. The molecule has 3 rings (SSSR count). The van der Waals surface area contributed by atoms with Crippen LogP contribution in [0.25, 0.3) is 5.69 Å². The van der Waals surface area contributed by atoms with Crippen molar-refractivity contribution < 1.29 is 9.53 Å². The van der Waals surface area contributed by atoms with Gasteiger partial charge in [0.1, 0.15) is 0 Å². The molecule has 0 saturated carbocycles. The molecule has 5 heteroatoms. The van der Waals surface area contributed by atoms with E-state index in [0.717, 1.165) is 33.9 Å². The highest BCUT2D eigenvalue weighted by molar-refractivity contribution is 14.1. The van der Waals surface area contributed by atoms with Crippen molar-refractivity contribution in [2.45, 2.75) is 20.8 Å². The Morgan fingerprint density at radius 3 is 2.44 bits per heavy atom. The van der Waals surface area contributed by atoms with E-state index in [1.54, 1.807) is 12.1 Å². The van der Waals surface area contributed by atoms with E-state index in [-0.39, 0.29) is 5.97 Å². The summed E-state index contributed by atoms with van der Waals surface area (Å²) < 4.78 is 8.22. The topological polar surface area (TPSA) is 43.6 Å². The van der Waals surface area contributed by atoms with Crippen molar-refractivity contribution in [2.24, 2.45) is 4.99 Å². The maximum absolute atomic E-state index is 11.8. The summed E-state index contributed by atoms with van der Waals surface area (Å²) in [7, 11) is 1.38. The first-order chi connectivity index (χ1) is 12.9. The highest BCUT2D eigenvalue weighted by Crippen LogP contribution is 2.23. The number of esters is 1. The zero-order valence-corrected chi connectivity index (χ0v) is 17.9. The highest BCUT2D eigenvalue weighted by atomic mass is 127. The Labute approximate surface area is 173 Å². The molecule has 0 atom stereocenters. The normalized spacial score (nSPS) is 11.1. The molecule has 138 valence electrons. The molecule has 0 spiro atoms. The molecule has 1 heterocycles. The first-order valence-corrected chi connectivity index (χ1v) is 9.66. The van der Waals surface area contributed by atoms with E-state index >= 15 is 0 Å². The summed E-state index contributed by atoms with van der Waals surface area (Å²) >= 11 is 2.31. The first kappa shape index (κ1) is 19.4. The molecule has 0 unspecified atom stereocenters. The summed E-state index contributed by atoms with van der Waals surface area (Å²) in [5, 5.41) is 0. The summed E-state index contributed by atoms with van der Waals surface area (Å²) in [6.07, 6.45) is 1.86. The zero-order valence-electron chi connectivity index (χ0n) is 15.8. The summed E-state index contributed by atoms with van der Waals surface area (Å²) in [4.78, 5) is 16.4. The minimum absolute atomic E-state index is 0.358. The molecule has 0 amide bonds. The quantitative estimate of drug-likeness (QED) is 0.284. The van der Waals surface area contributed by atoms with Crippen molar-refractivity contribution in [1.29, 1.82) is 0 Å². The van der Waals surface area contributed by atoms with Crippen molar-refractivity contribution in [3.8, 4) is 5.69 Å². The third-order valence-electron chi connectivity index (χ3n) is 4.53. The molecule has 0 aliphatic heterocycles. The van der Waals surface area contributed by atoms with E-state index in [4.69, 9.17) is 4.74 Å². The van der Waals surface area contributed by atoms with Crippen LogP contribution in [-0.2, 0) is 4.74 Å². The summed E-state index contributed by atoms with van der Waals surface area (Å²) in [5.74, 6) is -0.358. The second kappa shape index (κ2) is 8.08. The van der Waals surface area contributed by atoms with Gasteiger partial charge in [0, 0.05) is 32.4 Å². The third-order valence-corrected chi connectivity index (χ3v) is 5.25. The average Bonchev–Trinajstić information content (AvgIpc) is 2.95. The maximum Gasteiger partial charge on any atom is 0.337 e. The van der Waals surface area contributed by atoms with Crippen LogP contribution in [-0.4, -0.2) is 23.9 Å². The Morgan fingerprint density at radius 2 is 1.78 bits per heavy atom. The van der Waals surface area contributed by atoms with Crippen LogP contribution in [0.15, 0.2) is 53.5 Å². The molecule has 0 saturated heterocycles. The molecule has 3 aromatic rings. The number of rotatable bonds is 4. The van der Waals surface area contributed by atoms with Crippen LogP contribution in [0.5, 0.6) is 0 Å². The lowest BCUT2D eigenvalue weighted by Crippen LogP contribution is -2.00. The van der Waals surface area contributed by atoms with Crippen molar-refractivity contribution in [3.63, 3.8) is 0 Å². The van der Waals surface area contributed by atoms with Crippen LogP contribution < -0.4 is 0 Å². The van der Waals surface area contributed by atoms with E-state index in [9.17, 15) is 4.79 Å². The summed E-state index contributed by atoms with van der Waals surface area (Å²) in [6.45, 7) is 6.15. The van der Waals surface area contributed by atoms with Gasteiger partial charge in [0.2, 0.25) is 0 Å². The van der Waals surface area contributed by atoms with Crippen LogP contribution >= 0.6 is 22.6 Å². The number of ether oxygens (including phenoxy) is 1. The van der Waals surface area contributed by atoms with Crippen molar-refractivity contribution >= 4 is 40.5 Å². The molecular formula is C22H21IN2O2. The molecule has 0 N–H and O–H groups in total. The van der Waals surface area contributed by atoms with Gasteiger partial charge in [-0.3, -0.25) is 4.99 Å². The van der Waals surface area contributed by atoms with Crippen LogP contribution in [0.3, 0.4) is 0 Å². The fourth-order valence-corrected chi connectivity index (χ4v) is 3.40. The van der Waals surface area contributed by atoms with Crippen LogP contribution in [0.1, 0.15) is 32.9 Å². The monoisotopic (exact) mass is 472 g/mol. The molecule has 0 aliphatic rings. The minimum Gasteiger partial charge on any atom is -0.465 e. The van der Waals surface area contributed by atoms with Crippen LogP contribution in [0.4, 0.5) is 5.69 Å². The maximum atomic E-state index is 11.8. The first-order valence-electron chi connectivity index (χ1n) is 8.58. The van der Waals surface area contributed by atoms with E-state index < -0.39 is 0 Å². The molecule has 0 aliphatic carbocycles. The van der Waals surface area contributed by atoms with Gasteiger partial charge in [-0.25, -0.2) is 4.79 Å². The Bertz CT molecular complexity index is 1020. The van der Waals surface area contributed by atoms with E-state index in [2.05, 4.69) is 76.3 Å². The number of aromatic nitrogens is 1. The zero-order chi connectivity index (χ0) is 19.6. The van der Waals surface area contributed by atoms with E-state index in [1.165, 1.54) is 10.7 Å². The van der Waals surface area contributed by atoms with Crippen molar-refractivity contribution in [3.05, 3.63) is 80.2 Å². The molecule has 0 bridgehead atoms. The Balaban J connectivity index is 1.96. The van der Waals surface area contributed by atoms with Crippen LogP contribution in [0.2, 0.25) is 0 Å². The highest BCUT2D eigenvalue weighted by Gasteiger charge is 2.10. The Hall–Kier alpha value is -2.41. The number of hydrogen-bond acceptors (Lipinski definition) is 3. The van der Waals surface area contributed by atoms with Gasteiger partial charge in [-0.2, -0.15) is 0 Å². The van der Waals surface area contributed by atoms with Gasteiger partial charge in [0.05, 0.1) is 18.4 Å². The molecule has 1 aromatic heterocycles. The van der Waals surface area contributed by atoms with Crippen molar-refractivity contribution in [1.82, 2.24) is 4.57 Å². The lowest BCUT2D eigenvalue weighted by molar-refractivity contribution is 0.0601. The number of carbonyl (C=O) groups excluding carboxylic acids is 1. The Morgan fingerprint density at radius 1 is 1.07 bits per heavy atom. The number of aryl methyl sites for hydroxylation is 2. The van der Waals surface area contributed by atoms with Gasteiger partial charge in [0.15, 0.2) is 0 Å². The van der Waals surface area contributed by atoms with Crippen LogP contribution in [0, 0.1) is 24.3 Å². The lowest BCUT2D eigenvalue weighted by atomic mass is 10.1. The average molecular weight is 472 g/mol. The Kier molecular flexibility index (Phi) is 5.79. The number of nitrogens with zero attached hydrogens (tertiary/aromatic N) is 2. The molecule has 0 fully saturated rings. The number of aliphatic imine (C=N–C) groups is 1. The van der Waals surface area contributed by atoms with E-state index in [0.29, 0.717) is 5.56 Å². The molecule has 2 aromatic carbocycles. The fourth-order valence-electron chi connectivity index (χ4n) is 3.04. The second-order valence-corrected chi connectivity index (χ2v) is 7.63. The van der Waals surface area contributed by atoms with Gasteiger partial charge < -0.3 is 9.30 Å². The third kappa shape index (κ3) is 4.13. The predicted octanol–water partition coefficient (Wildman–Crippen LogP) is 5.54. The molecule has 27 heavy (non-hydrogen) atoms. The number of benzene rings is 2. The van der Waals surface area contributed by atoms with Gasteiger partial charge in [-0.05, 0) is 91.4 Å². The molecule has 0 radical (unpaired) electrons. The minimum atomic E-state index is -0.358. The van der Waals surface area contributed by atoms with Gasteiger partial charge in [-0.15, -0.1) is 0 Å². The smallest absolute Gasteiger partial charge is 0.337 e. The SMILES string of the molecule is COC(=O)c1ccc(C)c(N=Cc2cc(C)n(-c3ccc(I)cc3)c2C)c1. The van der Waals surface area contributed by atoms with Gasteiger partial charge in [0.25, 0.3) is 0 Å². The number of methoxy groups -OCH3 is 1. The standard InChI is InChI=1S/C22H21IN2O2/c1-14-5-6-17(22(26)27-4)12-21(14)24-13-18-11-15(2)25(16(18)3)20-9-7-19(23)8-10-20/h5-13H,1-4H3.